The van der Waals surface area contributed by atoms with Gasteiger partial charge in [0.25, 0.3) is 0 Å². The Labute approximate surface area is 114 Å². The van der Waals surface area contributed by atoms with E-state index < -0.39 is 15.6 Å². The van der Waals surface area contributed by atoms with Crippen LogP contribution >= 0.6 is 0 Å². The lowest BCUT2D eigenvalue weighted by Gasteiger charge is -2.19. The molecule has 0 saturated carbocycles. The van der Waals surface area contributed by atoms with Gasteiger partial charge in [-0.15, -0.1) is 0 Å². The van der Waals surface area contributed by atoms with Crippen molar-refractivity contribution in [3.63, 3.8) is 0 Å². The summed E-state index contributed by atoms with van der Waals surface area (Å²) in [6.07, 6.45) is 1.20. The highest BCUT2D eigenvalue weighted by Crippen LogP contribution is 2.26. The first-order chi connectivity index (χ1) is 8.85. The smallest absolute Gasteiger partial charge is 0.243 e. The summed E-state index contributed by atoms with van der Waals surface area (Å²) in [5.74, 6) is 0. The summed E-state index contributed by atoms with van der Waals surface area (Å²) in [6, 6.07) is 6.78. The quantitative estimate of drug-likeness (QED) is 0.835. The molecule has 6 heteroatoms. The number of hydrogen-bond donors (Lipinski definition) is 2. The van der Waals surface area contributed by atoms with Crippen molar-refractivity contribution in [1.82, 2.24) is 4.31 Å². The Kier molecular flexibility index (Phi) is 3.96. The Morgan fingerprint density at radius 1 is 1.37 bits per heavy atom. The van der Waals surface area contributed by atoms with Gasteiger partial charge in [0.15, 0.2) is 0 Å². The summed E-state index contributed by atoms with van der Waals surface area (Å²) in [5, 5.41) is 9.87. The van der Waals surface area contributed by atoms with Crippen molar-refractivity contribution in [2.24, 2.45) is 5.73 Å². The number of nitrogens with two attached hydrogens (primary N) is 1. The van der Waals surface area contributed by atoms with Gasteiger partial charge in [-0.3, -0.25) is 0 Å². The molecule has 0 aromatic heterocycles. The van der Waals surface area contributed by atoms with E-state index in [4.69, 9.17) is 5.73 Å². The predicted molar refractivity (Wildman–Crippen MR) is 73.2 cm³/mol. The van der Waals surface area contributed by atoms with Crippen LogP contribution in [0.5, 0.6) is 0 Å². The van der Waals surface area contributed by atoms with E-state index >= 15 is 0 Å². The Balaban J connectivity index is 2.20. The van der Waals surface area contributed by atoms with Crippen molar-refractivity contribution >= 4 is 10.0 Å². The Morgan fingerprint density at radius 3 is 2.47 bits per heavy atom. The molecule has 1 aromatic rings. The van der Waals surface area contributed by atoms with Gasteiger partial charge in [-0.2, -0.15) is 4.31 Å². The van der Waals surface area contributed by atoms with Crippen LogP contribution in [0.3, 0.4) is 0 Å². The number of rotatable bonds is 4. The zero-order chi connectivity index (χ0) is 14.1. The molecular formula is C13H20N2O3S. The molecule has 1 atom stereocenters. The summed E-state index contributed by atoms with van der Waals surface area (Å²) >= 11 is 0. The lowest BCUT2D eigenvalue weighted by atomic mass is 10.1. The van der Waals surface area contributed by atoms with Crippen molar-refractivity contribution < 1.29 is 13.5 Å². The molecule has 1 saturated heterocycles. The van der Waals surface area contributed by atoms with E-state index in [9.17, 15) is 13.5 Å². The van der Waals surface area contributed by atoms with Crippen molar-refractivity contribution in [1.29, 1.82) is 0 Å². The summed E-state index contributed by atoms with van der Waals surface area (Å²) in [7, 11) is -3.50. The number of aliphatic hydroxyl groups is 1. The topological polar surface area (TPSA) is 83.6 Å². The van der Waals surface area contributed by atoms with Crippen molar-refractivity contribution in [2.45, 2.75) is 30.3 Å². The molecule has 2 rings (SSSR count). The highest BCUT2D eigenvalue weighted by molar-refractivity contribution is 7.89. The molecule has 1 aromatic carbocycles. The van der Waals surface area contributed by atoms with Crippen LogP contribution in [-0.4, -0.2) is 43.1 Å². The van der Waals surface area contributed by atoms with Crippen molar-refractivity contribution in [3.05, 3.63) is 29.8 Å². The number of benzene rings is 1. The van der Waals surface area contributed by atoms with Gasteiger partial charge in [0.1, 0.15) is 0 Å². The third-order valence-electron chi connectivity index (χ3n) is 3.41. The maximum atomic E-state index is 12.4. The third-order valence-corrected chi connectivity index (χ3v) is 5.27. The van der Waals surface area contributed by atoms with E-state index in [0.717, 1.165) is 12.0 Å². The summed E-state index contributed by atoms with van der Waals surface area (Å²) in [4.78, 5) is 0.269. The zero-order valence-electron chi connectivity index (χ0n) is 11.0. The van der Waals surface area contributed by atoms with Crippen LogP contribution in [0.15, 0.2) is 29.2 Å². The monoisotopic (exact) mass is 284 g/mol. The second-order valence-electron chi connectivity index (χ2n) is 5.27. The molecular weight excluding hydrogens is 264 g/mol. The molecule has 5 nitrogen and oxygen atoms in total. The van der Waals surface area contributed by atoms with Crippen molar-refractivity contribution in [2.75, 3.05) is 19.6 Å². The van der Waals surface area contributed by atoms with Gasteiger partial charge in [0.2, 0.25) is 10.0 Å². The van der Waals surface area contributed by atoms with E-state index in [1.807, 2.05) is 0 Å². The molecule has 3 N–H and O–H groups in total. The molecule has 106 valence electrons. The van der Waals surface area contributed by atoms with Crippen LogP contribution < -0.4 is 5.73 Å². The summed E-state index contributed by atoms with van der Waals surface area (Å²) in [6.45, 7) is 2.72. The van der Waals surface area contributed by atoms with Crippen LogP contribution in [0.2, 0.25) is 0 Å². The van der Waals surface area contributed by atoms with Crippen molar-refractivity contribution in [3.8, 4) is 0 Å². The van der Waals surface area contributed by atoms with Gasteiger partial charge >= 0.3 is 0 Å². The van der Waals surface area contributed by atoms with Crippen LogP contribution in [-0.2, 0) is 16.4 Å². The molecule has 19 heavy (non-hydrogen) atoms. The van der Waals surface area contributed by atoms with Gasteiger partial charge < -0.3 is 10.8 Å². The molecule has 1 aliphatic rings. The standard InChI is InChI=1S/C13H20N2O3S/c1-13(16)7-9-15(10-13)19(17,18)12-4-2-11(3-5-12)6-8-14/h2-5,16H,6-10,14H2,1H3. The van der Waals surface area contributed by atoms with Crippen LogP contribution in [0.4, 0.5) is 0 Å². The van der Waals surface area contributed by atoms with Gasteiger partial charge in [-0.1, -0.05) is 12.1 Å². The zero-order valence-corrected chi connectivity index (χ0v) is 11.9. The SMILES string of the molecule is CC1(O)CCN(S(=O)(=O)c2ccc(CCN)cc2)C1. The lowest BCUT2D eigenvalue weighted by Crippen LogP contribution is -2.33. The molecule has 1 fully saturated rings. The molecule has 1 unspecified atom stereocenters. The largest absolute Gasteiger partial charge is 0.389 e. The lowest BCUT2D eigenvalue weighted by molar-refractivity contribution is 0.0762. The second-order valence-corrected chi connectivity index (χ2v) is 7.21. The molecule has 0 aliphatic carbocycles. The second kappa shape index (κ2) is 5.20. The summed E-state index contributed by atoms with van der Waals surface area (Å²) < 4.78 is 26.1. The van der Waals surface area contributed by atoms with Crippen LogP contribution in [0.1, 0.15) is 18.9 Å². The highest BCUT2D eigenvalue weighted by atomic mass is 32.2. The molecule has 0 spiro atoms. The Bertz CT molecular complexity index is 538. The minimum atomic E-state index is -3.50. The van der Waals surface area contributed by atoms with E-state index in [-0.39, 0.29) is 11.4 Å². The molecule has 0 bridgehead atoms. The fourth-order valence-electron chi connectivity index (χ4n) is 2.25. The first-order valence-electron chi connectivity index (χ1n) is 6.37. The average molecular weight is 284 g/mol. The van der Waals surface area contributed by atoms with Gasteiger partial charge in [0.05, 0.1) is 10.5 Å². The molecule has 1 heterocycles. The minimum absolute atomic E-state index is 0.153. The first kappa shape index (κ1) is 14.5. The number of nitrogens with zero attached hydrogens (tertiary/aromatic N) is 1. The average Bonchev–Trinajstić information content (AvgIpc) is 2.71. The van der Waals surface area contributed by atoms with Gasteiger partial charge in [-0.25, -0.2) is 8.42 Å². The maximum absolute atomic E-state index is 12.4. The maximum Gasteiger partial charge on any atom is 0.243 e. The number of hydrogen-bond acceptors (Lipinski definition) is 4. The number of β-amino-alcohol motifs (C(OH)–C–C–N with tert-alkyl or cyclic N) is 1. The Morgan fingerprint density at radius 2 is 2.00 bits per heavy atom. The molecule has 1 aliphatic heterocycles. The fourth-order valence-corrected chi connectivity index (χ4v) is 3.81. The van der Waals surface area contributed by atoms with E-state index in [1.165, 1.54) is 4.31 Å². The molecule has 0 radical (unpaired) electrons. The summed E-state index contributed by atoms with van der Waals surface area (Å²) in [5.41, 5.74) is 5.56. The first-order valence-corrected chi connectivity index (χ1v) is 7.81. The van der Waals surface area contributed by atoms with Crippen LogP contribution in [0, 0.1) is 0 Å². The van der Waals surface area contributed by atoms with E-state index in [0.29, 0.717) is 19.5 Å². The fraction of sp³-hybridized carbons (Fsp3) is 0.538. The number of sulfonamides is 1. The van der Waals surface area contributed by atoms with E-state index in [2.05, 4.69) is 0 Å². The third kappa shape index (κ3) is 3.14. The van der Waals surface area contributed by atoms with Gasteiger partial charge in [0, 0.05) is 13.1 Å². The molecule has 0 amide bonds. The highest BCUT2D eigenvalue weighted by Gasteiger charge is 2.38. The normalized spacial score (nSPS) is 24.8. The van der Waals surface area contributed by atoms with E-state index in [1.54, 1.807) is 31.2 Å². The predicted octanol–water partition coefficient (Wildman–Crippen LogP) is 0.333. The van der Waals surface area contributed by atoms with Crippen LogP contribution in [0.25, 0.3) is 0 Å². The Hall–Kier alpha value is -0.950. The minimum Gasteiger partial charge on any atom is -0.389 e. The van der Waals surface area contributed by atoms with Gasteiger partial charge in [-0.05, 0) is 44.0 Å².